The molecule has 0 fully saturated rings. The number of aryl methyl sites for hydroxylation is 2. The zero-order chi connectivity index (χ0) is 10.9. The Labute approximate surface area is 96.1 Å². The van der Waals surface area contributed by atoms with E-state index in [2.05, 4.69) is 17.1 Å². The largest absolute Gasteiger partial charge is 0.330 e. The van der Waals surface area contributed by atoms with Crippen molar-refractivity contribution in [1.29, 1.82) is 0 Å². The van der Waals surface area contributed by atoms with Crippen LogP contribution in [-0.2, 0) is 12.8 Å². The standard InChI is InChI=1S/C11H21N3S/c1-2-3-4-5-7-10-13-14-11(15-10)8-6-9-12/h2-9,12H2,1H3. The third kappa shape index (κ3) is 5.23. The Hall–Kier alpha value is -0.480. The summed E-state index contributed by atoms with van der Waals surface area (Å²) in [7, 11) is 0. The van der Waals surface area contributed by atoms with E-state index in [1.54, 1.807) is 11.3 Å². The van der Waals surface area contributed by atoms with Crippen molar-refractivity contribution in [3.05, 3.63) is 10.0 Å². The molecule has 4 heteroatoms. The van der Waals surface area contributed by atoms with E-state index in [0.29, 0.717) is 0 Å². The number of hydrogen-bond acceptors (Lipinski definition) is 4. The monoisotopic (exact) mass is 227 g/mol. The second-order valence-corrected chi connectivity index (χ2v) is 4.94. The number of unbranched alkanes of at least 4 members (excludes halogenated alkanes) is 3. The summed E-state index contributed by atoms with van der Waals surface area (Å²) in [4.78, 5) is 0. The highest BCUT2D eigenvalue weighted by Crippen LogP contribution is 2.14. The summed E-state index contributed by atoms with van der Waals surface area (Å²) in [6.45, 7) is 2.97. The van der Waals surface area contributed by atoms with Crippen LogP contribution in [0.25, 0.3) is 0 Å². The van der Waals surface area contributed by atoms with Gasteiger partial charge in [0.2, 0.25) is 0 Å². The van der Waals surface area contributed by atoms with Gasteiger partial charge < -0.3 is 5.73 Å². The van der Waals surface area contributed by atoms with Crippen LogP contribution in [0.2, 0.25) is 0 Å². The van der Waals surface area contributed by atoms with Crippen molar-refractivity contribution in [2.24, 2.45) is 5.73 Å². The quantitative estimate of drug-likeness (QED) is 0.694. The molecule has 1 aromatic heterocycles. The molecule has 3 nitrogen and oxygen atoms in total. The molecule has 1 rings (SSSR count). The zero-order valence-electron chi connectivity index (χ0n) is 9.54. The van der Waals surface area contributed by atoms with Crippen LogP contribution in [0.15, 0.2) is 0 Å². The van der Waals surface area contributed by atoms with Crippen LogP contribution in [-0.4, -0.2) is 16.7 Å². The molecule has 0 unspecified atom stereocenters. The normalized spacial score (nSPS) is 10.8. The molecule has 0 aliphatic rings. The fourth-order valence-electron chi connectivity index (χ4n) is 1.45. The molecular weight excluding hydrogens is 206 g/mol. The van der Waals surface area contributed by atoms with Gasteiger partial charge in [-0.05, 0) is 19.4 Å². The molecule has 0 aliphatic carbocycles. The number of hydrogen-bond donors (Lipinski definition) is 1. The van der Waals surface area contributed by atoms with Crippen molar-refractivity contribution in [1.82, 2.24) is 10.2 Å². The average molecular weight is 227 g/mol. The average Bonchev–Trinajstić information content (AvgIpc) is 2.69. The van der Waals surface area contributed by atoms with E-state index in [-0.39, 0.29) is 0 Å². The molecule has 0 amide bonds. The summed E-state index contributed by atoms with van der Waals surface area (Å²) in [6.07, 6.45) is 8.29. The molecule has 0 aromatic carbocycles. The van der Waals surface area contributed by atoms with Gasteiger partial charge in [0.1, 0.15) is 10.0 Å². The maximum atomic E-state index is 5.45. The van der Waals surface area contributed by atoms with Crippen LogP contribution in [0.1, 0.15) is 49.0 Å². The minimum absolute atomic E-state index is 0.741. The summed E-state index contributed by atoms with van der Waals surface area (Å²) in [5, 5.41) is 10.7. The van der Waals surface area contributed by atoms with Crippen molar-refractivity contribution in [3.63, 3.8) is 0 Å². The van der Waals surface area contributed by atoms with Crippen molar-refractivity contribution < 1.29 is 0 Å². The molecule has 15 heavy (non-hydrogen) atoms. The summed E-state index contributed by atoms with van der Waals surface area (Å²) in [6, 6.07) is 0. The Balaban J connectivity index is 2.20. The van der Waals surface area contributed by atoms with E-state index in [0.717, 1.165) is 30.8 Å². The van der Waals surface area contributed by atoms with E-state index < -0.39 is 0 Å². The van der Waals surface area contributed by atoms with Crippen LogP contribution in [0.3, 0.4) is 0 Å². The Bertz CT molecular complexity index is 260. The van der Waals surface area contributed by atoms with Gasteiger partial charge in [0.15, 0.2) is 0 Å². The van der Waals surface area contributed by atoms with Gasteiger partial charge in [0.05, 0.1) is 0 Å². The second-order valence-electron chi connectivity index (χ2n) is 3.79. The molecule has 2 N–H and O–H groups in total. The Morgan fingerprint density at radius 3 is 2.27 bits per heavy atom. The molecule has 0 saturated heterocycles. The van der Waals surface area contributed by atoms with Gasteiger partial charge in [0.25, 0.3) is 0 Å². The third-order valence-electron chi connectivity index (χ3n) is 2.35. The molecular formula is C11H21N3S. The van der Waals surface area contributed by atoms with Crippen LogP contribution < -0.4 is 5.73 Å². The first-order chi connectivity index (χ1) is 7.36. The van der Waals surface area contributed by atoms with Gasteiger partial charge in [-0.25, -0.2) is 0 Å². The minimum Gasteiger partial charge on any atom is -0.330 e. The van der Waals surface area contributed by atoms with Crippen LogP contribution >= 0.6 is 11.3 Å². The summed E-state index contributed by atoms with van der Waals surface area (Å²) in [5.74, 6) is 0. The van der Waals surface area contributed by atoms with Gasteiger partial charge in [-0.1, -0.05) is 26.2 Å². The van der Waals surface area contributed by atoms with Crippen molar-refractivity contribution in [3.8, 4) is 0 Å². The van der Waals surface area contributed by atoms with Crippen molar-refractivity contribution in [2.45, 2.75) is 51.9 Å². The van der Waals surface area contributed by atoms with E-state index in [4.69, 9.17) is 5.73 Å². The maximum absolute atomic E-state index is 5.45. The van der Waals surface area contributed by atoms with Crippen LogP contribution in [0.4, 0.5) is 0 Å². The molecule has 0 saturated carbocycles. The third-order valence-corrected chi connectivity index (χ3v) is 3.39. The van der Waals surface area contributed by atoms with E-state index in [1.807, 2.05) is 0 Å². The van der Waals surface area contributed by atoms with Crippen LogP contribution in [0.5, 0.6) is 0 Å². The lowest BCUT2D eigenvalue weighted by Crippen LogP contribution is -1.99. The molecule has 0 atom stereocenters. The summed E-state index contributed by atoms with van der Waals surface area (Å²) < 4.78 is 0. The summed E-state index contributed by atoms with van der Waals surface area (Å²) in [5.41, 5.74) is 5.45. The van der Waals surface area contributed by atoms with E-state index in [9.17, 15) is 0 Å². The number of rotatable bonds is 8. The summed E-state index contributed by atoms with van der Waals surface area (Å²) >= 11 is 1.75. The molecule has 0 aliphatic heterocycles. The predicted molar refractivity (Wildman–Crippen MR) is 65.1 cm³/mol. The fourth-order valence-corrected chi connectivity index (χ4v) is 2.37. The first kappa shape index (κ1) is 12.6. The number of nitrogens with zero attached hydrogens (tertiary/aromatic N) is 2. The Morgan fingerprint density at radius 1 is 1.00 bits per heavy atom. The Morgan fingerprint density at radius 2 is 1.67 bits per heavy atom. The minimum atomic E-state index is 0.741. The highest BCUT2D eigenvalue weighted by Gasteiger charge is 2.03. The molecule has 1 heterocycles. The lowest BCUT2D eigenvalue weighted by molar-refractivity contribution is 0.662. The van der Waals surface area contributed by atoms with Crippen molar-refractivity contribution in [2.75, 3.05) is 6.54 Å². The fraction of sp³-hybridized carbons (Fsp3) is 0.818. The van der Waals surface area contributed by atoms with E-state index >= 15 is 0 Å². The highest BCUT2D eigenvalue weighted by molar-refractivity contribution is 7.11. The number of aromatic nitrogens is 2. The van der Waals surface area contributed by atoms with Gasteiger partial charge in [-0.2, -0.15) is 0 Å². The van der Waals surface area contributed by atoms with Gasteiger partial charge in [-0.15, -0.1) is 21.5 Å². The second kappa shape index (κ2) is 7.77. The van der Waals surface area contributed by atoms with Gasteiger partial charge >= 0.3 is 0 Å². The van der Waals surface area contributed by atoms with Gasteiger partial charge in [0, 0.05) is 12.8 Å². The molecule has 0 radical (unpaired) electrons. The van der Waals surface area contributed by atoms with Crippen molar-refractivity contribution >= 4 is 11.3 Å². The Kier molecular flexibility index (Phi) is 6.52. The SMILES string of the molecule is CCCCCCc1nnc(CCCN)s1. The molecule has 86 valence electrons. The predicted octanol–water partition coefficient (Wildman–Crippen LogP) is 2.55. The lowest BCUT2D eigenvalue weighted by Gasteiger charge is -1.94. The smallest absolute Gasteiger partial charge is 0.117 e. The zero-order valence-corrected chi connectivity index (χ0v) is 10.4. The first-order valence-electron chi connectivity index (χ1n) is 5.88. The maximum Gasteiger partial charge on any atom is 0.117 e. The molecule has 1 aromatic rings. The van der Waals surface area contributed by atoms with E-state index in [1.165, 1.54) is 30.7 Å². The van der Waals surface area contributed by atoms with Gasteiger partial charge in [-0.3, -0.25) is 0 Å². The lowest BCUT2D eigenvalue weighted by atomic mass is 10.2. The van der Waals surface area contributed by atoms with Crippen LogP contribution in [0, 0.1) is 0 Å². The number of nitrogens with two attached hydrogens (primary N) is 1. The first-order valence-corrected chi connectivity index (χ1v) is 6.69. The molecule has 0 spiro atoms. The molecule has 0 bridgehead atoms. The highest BCUT2D eigenvalue weighted by atomic mass is 32.1. The topological polar surface area (TPSA) is 51.8 Å².